The first kappa shape index (κ1) is 35.9. The summed E-state index contributed by atoms with van der Waals surface area (Å²) >= 11 is 0. The lowest BCUT2D eigenvalue weighted by Gasteiger charge is -2.15. The van der Waals surface area contributed by atoms with E-state index in [0.717, 1.165) is 58.2 Å². The Kier molecular flexibility index (Phi) is 13.3. The number of unbranched alkanes of at least 4 members (excludes halogenated alkanes) is 3. The van der Waals surface area contributed by atoms with Crippen molar-refractivity contribution in [3.63, 3.8) is 0 Å². The van der Waals surface area contributed by atoms with Crippen LogP contribution in [0.25, 0.3) is 22.3 Å². The molecule has 1 atom stereocenters. The van der Waals surface area contributed by atoms with Gasteiger partial charge in [0.25, 0.3) is 0 Å². The summed E-state index contributed by atoms with van der Waals surface area (Å²) in [6.45, 7) is 10.6. The van der Waals surface area contributed by atoms with Crippen LogP contribution in [-0.4, -0.2) is 40.8 Å². The Balaban J connectivity index is 1.53. The van der Waals surface area contributed by atoms with Crippen LogP contribution in [0.5, 0.6) is 11.5 Å². The summed E-state index contributed by atoms with van der Waals surface area (Å²) in [4.78, 5) is 12.0. The first-order valence-corrected chi connectivity index (χ1v) is 16.4. The summed E-state index contributed by atoms with van der Waals surface area (Å²) in [5, 5.41) is 28.3. The minimum Gasteiger partial charge on any atom is -0.461 e. The molecule has 0 saturated heterocycles. The lowest BCUT2D eigenvalue weighted by Crippen LogP contribution is -2.19. The highest BCUT2D eigenvalue weighted by molar-refractivity contribution is 5.89. The fourth-order valence-corrected chi connectivity index (χ4v) is 5.18. The molecule has 0 bridgehead atoms. The molecule has 1 unspecified atom stereocenters. The van der Waals surface area contributed by atoms with E-state index < -0.39 is 18.9 Å². The van der Waals surface area contributed by atoms with E-state index in [1.807, 2.05) is 36.4 Å². The maximum Gasteiger partial charge on any atom is 0.341 e. The molecule has 0 spiro atoms. The van der Waals surface area contributed by atoms with E-state index in [1.165, 1.54) is 24.8 Å². The molecule has 0 aliphatic carbocycles. The highest BCUT2D eigenvalue weighted by atomic mass is 16.6. The van der Waals surface area contributed by atoms with Gasteiger partial charge in [-0.2, -0.15) is 0 Å². The van der Waals surface area contributed by atoms with Gasteiger partial charge in [-0.3, -0.25) is 0 Å². The second-order valence-electron chi connectivity index (χ2n) is 11.6. The van der Waals surface area contributed by atoms with Gasteiger partial charge in [0, 0.05) is 16.7 Å². The van der Waals surface area contributed by atoms with Crippen LogP contribution >= 0.6 is 0 Å². The van der Waals surface area contributed by atoms with Crippen molar-refractivity contribution in [3.8, 4) is 45.6 Å². The first-order chi connectivity index (χ1) is 23.3. The average Bonchev–Trinajstić information content (AvgIpc) is 3.12. The van der Waals surface area contributed by atoms with Crippen molar-refractivity contribution in [2.45, 2.75) is 58.7 Å². The summed E-state index contributed by atoms with van der Waals surface area (Å²) < 4.78 is 10.8. The maximum atomic E-state index is 12.0. The van der Waals surface area contributed by atoms with Gasteiger partial charge in [0.05, 0.1) is 18.8 Å². The standard InChI is InChI=1S/C42H44O6/c1-5-7-8-9-10-36-25-37(34-19-21-38(22-20-34)47-41(45)29(3)27-43)18-17-33(36)14-11-31-12-15-35(16-13-31)40-24-23-39(26-32(40)6-2)48-42(46)30(4)28-44/h12-13,15-26,41,43-45H,3-10,27-28H2,1-2H3. The Bertz CT molecular complexity index is 1770. The molecule has 0 aliphatic rings. The number of hydrogen-bond donors (Lipinski definition) is 3. The van der Waals surface area contributed by atoms with Crippen LogP contribution in [0, 0.1) is 11.8 Å². The maximum absolute atomic E-state index is 12.0. The summed E-state index contributed by atoms with van der Waals surface area (Å²) in [5.41, 5.74) is 8.56. The van der Waals surface area contributed by atoms with Gasteiger partial charge in [0.2, 0.25) is 6.29 Å². The Hall–Kier alpha value is -4.93. The number of carbonyl (C=O) groups is 1. The number of ether oxygens (including phenoxy) is 2. The fraction of sp³-hybridized carbons (Fsp3) is 0.262. The van der Waals surface area contributed by atoms with Crippen LogP contribution in [0.1, 0.15) is 61.8 Å². The third kappa shape index (κ3) is 9.79. The molecule has 0 radical (unpaired) electrons. The van der Waals surface area contributed by atoms with E-state index in [1.54, 1.807) is 18.2 Å². The van der Waals surface area contributed by atoms with E-state index in [2.05, 4.69) is 69.2 Å². The van der Waals surface area contributed by atoms with Crippen molar-refractivity contribution < 1.29 is 29.6 Å². The molecule has 0 amide bonds. The van der Waals surface area contributed by atoms with Crippen LogP contribution in [0.3, 0.4) is 0 Å². The number of benzene rings is 4. The highest BCUT2D eigenvalue weighted by Gasteiger charge is 2.13. The normalized spacial score (nSPS) is 11.3. The lowest BCUT2D eigenvalue weighted by atomic mass is 9.95. The molecule has 0 heterocycles. The van der Waals surface area contributed by atoms with Gasteiger partial charge in [-0.15, -0.1) is 0 Å². The number of hydrogen-bond acceptors (Lipinski definition) is 6. The largest absolute Gasteiger partial charge is 0.461 e. The minimum atomic E-state index is -1.26. The molecule has 6 heteroatoms. The molecule has 4 aromatic carbocycles. The molecule has 0 fully saturated rings. The molecular weight excluding hydrogens is 600 g/mol. The van der Waals surface area contributed by atoms with Crippen LogP contribution in [0.15, 0.2) is 109 Å². The number of aliphatic hydroxyl groups is 3. The van der Waals surface area contributed by atoms with Crippen LogP contribution in [0.4, 0.5) is 0 Å². The topological polar surface area (TPSA) is 96.2 Å². The average molecular weight is 645 g/mol. The van der Waals surface area contributed by atoms with Gasteiger partial charge < -0.3 is 24.8 Å². The van der Waals surface area contributed by atoms with Crippen molar-refractivity contribution in [2.75, 3.05) is 13.2 Å². The van der Waals surface area contributed by atoms with E-state index in [4.69, 9.17) is 19.7 Å². The predicted molar refractivity (Wildman–Crippen MR) is 192 cm³/mol. The third-order valence-corrected chi connectivity index (χ3v) is 8.08. The summed E-state index contributed by atoms with van der Waals surface area (Å²) in [6, 6.07) is 27.6. The van der Waals surface area contributed by atoms with Crippen LogP contribution < -0.4 is 9.47 Å². The van der Waals surface area contributed by atoms with Crippen molar-refractivity contribution >= 4 is 5.97 Å². The Morgan fingerprint density at radius 1 is 0.750 bits per heavy atom. The highest BCUT2D eigenvalue weighted by Crippen LogP contribution is 2.29. The van der Waals surface area contributed by atoms with Gasteiger partial charge in [0.15, 0.2) is 0 Å². The van der Waals surface area contributed by atoms with Gasteiger partial charge >= 0.3 is 5.97 Å². The number of aliphatic hydroxyl groups excluding tert-OH is 3. The second-order valence-corrected chi connectivity index (χ2v) is 11.6. The zero-order valence-electron chi connectivity index (χ0n) is 27.8. The molecule has 0 saturated carbocycles. The van der Waals surface area contributed by atoms with E-state index in [9.17, 15) is 9.90 Å². The molecule has 4 aromatic rings. The summed E-state index contributed by atoms with van der Waals surface area (Å²) in [6.07, 6.45) is 5.07. The van der Waals surface area contributed by atoms with Crippen molar-refractivity contribution in [2.24, 2.45) is 0 Å². The smallest absolute Gasteiger partial charge is 0.341 e. The SMILES string of the molecule is C=C(CO)C(=O)Oc1ccc(-c2ccc(C#Cc3ccc(-c4ccc(OC(O)C(=C)CO)cc4)cc3CCCCCC)cc2)c(CC)c1. The van der Waals surface area contributed by atoms with Crippen LogP contribution in [0.2, 0.25) is 0 Å². The second kappa shape index (κ2) is 17.8. The van der Waals surface area contributed by atoms with E-state index in [0.29, 0.717) is 11.5 Å². The quantitative estimate of drug-likeness (QED) is 0.0233. The molecule has 0 aliphatic heterocycles. The number of rotatable bonds is 15. The van der Waals surface area contributed by atoms with Crippen molar-refractivity contribution in [3.05, 3.63) is 131 Å². The molecule has 48 heavy (non-hydrogen) atoms. The molecule has 6 nitrogen and oxygen atoms in total. The Morgan fingerprint density at radius 2 is 1.44 bits per heavy atom. The molecular formula is C42H44O6. The van der Waals surface area contributed by atoms with Gasteiger partial charge in [-0.05, 0) is 101 Å². The number of carbonyl (C=O) groups excluding carboxylic acids is 1. The monoisotopic (exact) mass is 644 g/mol. The van der Waals surface area contributed by atoms with Crippen molar-refractivity contribution in [1.82, 2.24) is 0 Å². The zero-order chi connectivity index (χ0) is 34.5. The van der Waals surface area contributed by atoms with E-state index >= 15 is 0 Å². The fourth-order valence-electron chi connectivity index (χ4n) is 5.18. The molecule has 4 rings (SSSR count). The van der Waals surface area contributed by atoms with Gasteiger partial charge in [0.1, 0.15) is 11.5 Å². The Morgan fingerprint density at radius 3 is 2.10 bits per heavy atom. The van der Waals surface area contributed by atoms with Gasteiger partial charge in [-0.25, -0.2) is 4.79 Å². The Labute approximate surface area is 284 Å². The molecule has 3 N–H and O–H groups in total. The lowest BCUT2D eigenvalue weighted by molar-refractivity contribution is -0.130. The summed E-state index contributed by atoms with van der Waals surface area (Å²) in [5.74, 6) is 7.04. The van der Waals surface area contributed by atoms with Gasteiger partial charge in [-0.1, -0.05) is 94.5 Å². The first-order valence-electron chi connectivity index (χ1n) is 16.4. The van der Waals surface area contributed by atoms with Crippen molar-refractivity contribution in [1.29, 1.82) is 0 Å². The zero-order valence-corrected chi connectivity index (χ0v) is 27.8. The predicted octanol–water partition coefficient (Wildman–Crippen LogP) is 7.81. The third-order valence-electron chi connectivity index (χ3n) is 8.08. The summed E-state index contributed by atoms with van der Waals surface area (Å²) in [7, 11) is 0. The van der Waals surface area contributed by atoms with Crippen LogP contribution in [-0.2, 0) is 17.6 Å². The number of aryl methyl sites for hydroxylation is 2. The van der Waals surface area contributed by atoms with E-state index in [-0.39, 0.29) is 17.8 Å². The molecule has 248 valence electrons. The minimum absolute atomic E-state index is 0.00918. The number of esters is 1. The molecule has 0 aromatic heterocycles.